The van der Waals surface area contributed by atoms with Crippen molar-refractivity contribution >= 4 is 6.41 Å². The summed E-state index contributed by atoms with van der Waals surface area (Å²) in [5.41, 5.74) is -0.0278. The Labute approximate surface area is 94.3 Å². The molecule has 1 aromatic rings. The Morgan fingerprint density at radius 1 is 1.50 bits per heavy atom. The van der Waals surface area contributed by atoms with Crippen LogP contribution in [0, 0.1) is 5.82 Å². The molecule has 0 spiro atoms. The Morgan fingerprint density at radius 2 is 2.25 bits per heavy atom. The molecule has 1 heterocycles. The van der Waals surface area contributed by atoms with Crippen molar-refractivity contribution in [3.8, 4) is 0 Å². The average molecular weight is 222 g/mol. The van der Waals surface area contributed by atoms with Gasteiger partial charge in [-0.1, -0.05) is 18.2 Å². The fourth-order valence-corrected chi connectivity index (χ4v) is 2.20. The number of hydrogen-bond donors (Lipinski definition) is 1. The average Bonchev–Trinajstić information content (AvgIpc) is 2.30. The predicted molar refractivity (Wildman–Crippen MR) is 59.4 cm³/mol. The van der Waals surface area contributed by atoms with Crippen molar-refractivity contribution in [2.45, 2.75) is 12.5 Å². The summed E-state index contributed by atoms with van der Waals surface area (Å²) in [6, 6.07) is 6.61. The summed E-state index contributed by atoms with van der Waals surface area (Å²) in [5.74, 6) is -0.263. The molecule has 0 radical (unpaired) electrons. The molecule has 1 fully saturated rings. The van der Waals surface area contributed by atoms with Gasteiger partial charge >= 0.3 is 0 Å². The van der Waals surface area contributed by atoms with Crippen molar-refractivity contribution in [2.75, 3.05) is 19.6 Å². The fraction of sp³-hybridized carbons (Fsp3) is 0.417. The van der Waals surface area contributed by atoms with Crippen LogP contribution in [0.3, 0.4) is 0 Å². The van der Waals surface area contributed by atoms with Crippen LogP contribution in [-0.4, -0.2) is 30.9 Å². The molecular weight excluding hydrogens is 207 g/mol. The van der Waals surface area contributed by atoms with E-state index < -0.39 is 5.54 Å². The first kappa shape index (κ1) is 11.1. The van der Waals surface area contributed by atoms with Gasteiger partial charge in [-0.3, -0.25) is 4.79 Å². The first-order valence-electron chi connectivity index (χ1n) is 5.36. The fourth-order valence-electron chi connectivity index (χ4n) is 2.20. The zero-order chi connectivity index (χ0) is 11.6. The van der Waals surface area contributed by atoms with Crippen LogP contribution in [0.15, 0.2) is 24.3 Å². The highest BCUT2D eigenvalue weighted by atomic mass is 19.1. The van der Waals surface area contributed by atoms with Gasteiger partial charge in [-0.05, 0) is 13.0 Å². The van der Waals surface area contributed by atoms with E-state index in [0.717, 1.165) is 13.0 Å². The molecule has 86 valence electrons. The van der Waals surface area contributed by atoms with E-state index in [4.69, 9.17) is 0 Å². The lowest BCUT2D eigenvalue weighted by Crippen LogP contribution is -2.57. The molecule has 1 unspecified atom stereocenters. The monoisotopic (exact) mass is 222 g/mol. The lowest BCUT2D eigenvalue weighted by molar-refractivity contribution is -0.125. The molecule has 0 saturated carbocycles. The van der Waals surface area contributed by atoms with Gasteiger partial charge in [-0.25, -0.2) is 4.39 Å². The van der Waals surface area contributed by atoms with Crippen LogP contribution < -0.4 is 5.32 Å². The Kier molecular flexibility index (Phi) is 2.92. The quantitative estimate of drug-likeness (QED) is 0.760. The summed E-state index contributed by atoms with van der Waals surface area (Å²) < 4.78 is 13.8. The minimum Gasteiger partial charge on any atom is -0.333 e. The minimum absolute atomic E-state index is 0.263. The molecule has 16 heavy (non-hydrogen) atoms. The van der Waals surface area contributed by atoms with Crippen molar-refractivity contribution in [3.63, 3.8) is 0 Å². The maximum atomic E-state index is 13.8. The van der Waals surface area contributed by atoms with Crippen molar-refractivity contribution in [2.24, 2.45) is 0 Å². The van der Waals surface area contributed by atoms with Gasteiger partial charge in [0.2, 0.25) is 6.41 Å². The van der Waals surface area contributed by atoms with Gasteiger partial charge in [-0.15, -0.1) is 0 Å². The molecule has 1 N–H and O–H groups in total. The van der Waals surface area contributed by atoms with Gasteiger partial charge in [0.1, 0.15) is 5.82 Å². The summed E-state index contributed by atoms with van der Waals surface area (Å²) in [6.45, 7) is 3.82. The van der Waals surface area contributed by atoms with Crippen molar-refractivity contribution < 1.29 is 9.18 Å². The van der Waals surface area contributed by atoms with E-state index in [1.165, 1.54) is 6.07 Å². The molecule has 1 aliphatic rings. The normalized spacial score (nSPS) is 25.5. The number of carbonyl (C=O) groups is 1. The third kappa shape index (κ3) is 1.69. The summed E-state index contributed by atoms with van der Waals surface area (Å²) >= 11 is 0. The van der Waals surface area contributed by atoms with Crippen LogP contribution >= 0.6 is 0 Å². The van der Waals surface area contributed by atoms with Gasteiger partial charge in [-0.2, -0.15) is 0 Å². The van der Waals surface area contributed by atoms with Crippen LogP contribution in [0.25, 0.3) is 0 Å². The molecule has 0 aromatic heterocycles. The maximum absolute atomic E-state index is 13.8. The first-order chi connectivity index (χ1) is 7.68. The Morgan fingerprint density at radius 3 is 2.94 bits per heavy atom. The number of halogens is 1. The predicted octanol–water partition coefficient (Wildman–Crippen LogP) is 1.10. The maximum Gasteiger partial charge on any atom is 0.210 e. The highest BCUT2D eigenvalue weighted by Gasteiger charge is 2.37. The van der Waals surface area contributed by atoms with E-state index in [1.807, 2.05) is 6.92 Å². The van der Waals surface area contributed by atoms with E-state index in [-0.39, 0.29) is 5.82 Å². The number of hydrogen-bond acceptors (Lipinski definition) is 2. The molecule has 4 heteroatoms. The third-order valence-corrected chi connectivity index (χ3v) is 3.21. The topological polar surface area (TPSA) is 32.3 Å². The summed E-state index contributed by atoms with van der Waals surface area (Å²) in [7, 11) is 0. The Hall–Kier alpha value is -1.42. The van der Waals surface area contributed by atoms with E-state index in [1.54, 1.807) is 23.1 Å². The molecule has 2 rings (SSSR count). The third-order valence-electron chi connectivity index (χ3n) is 3.21. The highest BCUT2D eigenvalue weighted by Crippen LogP contribution is 2.30. The van der Waals surface area contributed by atoms with E-state index in [0.29, 0.717) is 18.7 Å². The smallest absolute Gasteiger partial charge is 0.210 e. The highest BCUT2D eigenvalue weighted by molar-refractivity contribution is 5.51. The van der Waals surface area contributed by atoms with Gasteiger partial charge in [0.15, 0.2) is 0 Å². The molecule has 1 amide bonds. The van der Waals surface area contributed by atoms with Crippen LogP contribution in [-0.2, 0) is 10.3 Å². The van der Waals surface area contributed by atoms with Crippen molar-refractivity contribution in [1.29, 1.82) is 0 Å². The number of nitrogens with one attached hydrogen (secondary N) is 1. The molecular formula is C12H15FN2O. The summed E-state index contributed by atoms with van der Waals surface area (Å²) in [5, 5.41) is 3.20. The van der Waals surface area contributed by atoms with E-state index in [2.05, 4.69) is 5.32 Å². The van der Waals surface area contributed by atoms with E-state index in [9.17, 15) is 9.18 Å². The lowest BCUT2D eigenvalue weighted by atomic mass is 9.88. The lowest BCUT2D eigenvalue weighted by Gasteiger charge is -2.43. The summed E-state index contributed by atoms with van der Waals surface area (Å²) in [6.07, 6.45) is 0.799. The van der Waals surface area contributed by atoms with Crippen LogP contribution in [0.2, 0.25) is 0 Å². The summed E-state index contributed by atoms with van der Waals surface area (Å²) in [4.78, 5) is 12.7. The standard InChI is InChI=1S/C12H15FN2O/c1-12(8-14-6-7-15(12)9-16)10-4-2-3-5-11(10)13/h2-5,9,14H,6-8H2,1H3. The van der Waals surface area contributed by atoms with Gasteiger partial charge in [0.05, 0.1) is 5.54 Å². The Bertz CT molecular complexity index is 396. The Balaban J connectivity index is 2.43. The van der Waals surface area contributed by atoms with Crippen molar-refractivity contribution in [3.05, 3.63) is 35.6 Å². The molecule has 1 atom stereocenters. The second-order valence-electron chi connectivity index (χ2n) is 4.23. The molecule has 1 saturated heterocycles. The molecule has 0 aliphatic carbocycles. The molecule has 1 aromatic carbocycles. The van der Waals surface area contributed by atoms with Gasteiger partial charge in [0.25, 0.3) is 0 Å². The van der Waals surface area contributed by atoms with Gasteiger partial charge in [0, 0.05) is 25.2 Å². The minimum atomic E-state index is -0.592. The number of nitrogens with zero attached hydrogens (tertiary/aromatic N) is 1. The zero-order valence-electron chi connectivity index (χ0n) is 9.24. The number of benzene rings is 1. The molecule has 3 nitrogen and oxygen atoms in total. The first-order valence-corrected chi connectivity index (χ1v) is 5.36. The molecule has 0 bridgehead atoms. The second-order valence-corrected chi connectivity index (χ2v) is 4.23. The number of rotatable bonds is 2. The number of amides is 1. The van der Waals surface area contributed by atoms with Crippen molar-refractivity contribution in [1.82, 2.24) is 10.2 Å². The van der Waals surface area contributed by atoms with Crippen LogP contribution in [0.1, 0.15) is 12.5 Å². The van der Waals surface area contributed by atoms with Crippen LogP contribution in [0.5, 0.6) is 0 Å². The second kappa shape index (κ2) is 4.22. The van der Waals surface area contributed by atoms with Gasteiger partial charge < -0.3 is 10.2 Å². The van der Waals surface area contributed by atoms with Crippen LogP contribution in [0.4, 0.5) is 4.39 Å². The molecule has 1 aliphatic heterocycles. The van der Waals surface area contributed by atoms with E-state index >= 15 is 0 Å². The number of carbonyl (C=O) groups excluding carboxylic acids is 1. The largest absolute Gasteiger partial charge is 0.333 e. The SMILES string of the molecule is CC1(c2ccccc2F)CNCCN1C=O. The zero-order valence-corrected chi connectivity index (χ0v) is 9.24. The number of piperazine rings is 1.